The van der Waals surface area contributed by atoms with Gasteiger partial charge in [-0.05, 0) is 58.0 Å². The number of ether oxygens (including phenoxy) is 2. The summed E-state index contributed by atoms with van der Waals surface area (Å²) in [5.74, 6) is -1.10. The van der Waals surface area contributed by atoms with Gasteiger partial charge in [-0.25, -0.2) is 12.8 Å². The molecule has 0 unspecified atom stereocenters. The largest absolute Gasteiger partial charge is 0.493 e. The monoisotopic (exact) mass is 585 g/mol. The molecule has 3 aromatic rings. The molecule has 0 bridgehead atoms. The standard InChI is InChI=1S/C30H36FN3O6S/c1-21(29(36)32-30(2,3)4)33(19-22-12-10-11-15-25(22)31)28(35)20-34(41(37,38)24-13-8-7-9-14-24)23-16-17-26(39-5)27(18-23)40-6/h7-18,21H,19-20H2,1-6H3,(H,32,36)/t21-/m0/s1. The van der Waals surface area contributed by atoms with Gasteiger partial charge >= 0.3 is 0 Å². The molecule has 0 radical (unpaired) electrons. The van der Waals surface area contributed by atoms with E-state index in [1.807, 2.05) is 0 Å². The van der Waals surface area contributed by atoms with Crippen molar-refractivity contribution in [3.63, 3.8) is 0 Å². The molecule has 0 aliphatic heterocycles. The van der Waals surface area contributed by atoms with E-state index in [0.29, 0.717) is 5.75 Å². The minimum Gasteiger partial charge on any atom is -0.493 e. The summed E-state index contributed by atoms with van der Waals surface area (Å²) in [6.45, 7) is 5.99. The van der Waals surface area contributed by atoms with Crippen LogP contribution in [0.15, 0.2) is 77.7 Å². The van der Waals surface area contributed by atoms with Gasteiger partial charge in [-0.2, -0.15) is 0 Å². The molecule has 1 N–H and O–H groups in total. The number of sulfonamides is 1. The Morgan fingerprint density at radius 2 is 1.54 bits per heavy atom. The molecule has 0 aliphatic carbocycles. The van der Waals surface area contributed by atoms with Crippen molar-refractivity contribution in [1.82, 2.24) is 10.2 Å². The van der Waals surface area contributed by atoms with Crippen LogP contribution in [-0.4, -0.2) is 57.5 Å². The molecular formula is C30H36FN3O6S. The molecule has 0 saturated heterocycles. The Bertz CT molecular complexity index is 1480. The van der Waals surface area contributed by atoms with E-state index in [-0.39, 0.29) is 28.4 Å². The van der Waals surface area contributed by atoms with Gasteiger partial charge in [0, 0.05) is 23.7 Å². The molecule has 2 amide bonds. The number of hydrogen-bond donors (Lipinski definition) is 1. The first-order valence-electron chi connectivity index (χ1n) is 12.9. The second-order valence-corrected chi connectivity index (χ2v) is 12.3. The summed E-state index contributed by atoms with van der Waals surface area (Å²) in [7, 11) is -1.41. The zero-order chi connectivity index (χ0) is 30.4. The molecule has 0 heterocycles. The zero-order valence-corrected chi connectivity index (χ0v) is 24.9. The number of hydrogen-bond acceptors (Lipinski definition) is 6. The van der Waals surface area contributed by atoms with Crippen LogP contribution in [0.4, 0.5) is 10.1 Å². The van der Waals surface area contributed by atoms with Crippen LogP contribution in [0.3, 0.4) is 0 Å². The number of nitrogens with one attached hydrogen (secondary N) is 1. The van der Waals surface area contributed by atoms with E-state index in [4.69, 9.17) is 9.47 Å². The summed E-state index contributed by atoms with van der Waals surface area (Å²) >= 11 is 0. The van der Waals surface area contributed by atoms with E-state index in [9.17, 15) is 22.4 Å². The number of halogens is 1. The van der Waals surface area contributed by atoms with Gasteiger partial charge in [-0.3, -0.25) is 13.9 Å². The highest BCUT2D eigenvalue weighted by atomic mass is 32.2. The predicted molar refractivity (Wildman–Crippen MR) is 155 cm³/mol. The summed E-state index contributed by atoms with van der Waals surface area (Å²) in [6, 6.07) is 17.0. The van der Waals surface area contributed by atoms with E-state index in [0.717, 1.165) is 4.31 Å². The molecule has 0 spiro atoms. The maximum absolute atomic E-state index is 14.7. The lowest BCUT2D eigenvalue weighted by atomic mass is 10.1. The third-order valence-electron chi connectivity index (χ3n) is 6.23. The summed E-state index contributed by atoms with van der Waals surface area (Å²) in [5.41, 5.74) is -0.280. The molecule has 9 nitrogen and oxygen atoms in total. The van der Waals surface area contributed by atoms with Crippen LogP contribution in [0.5, 0.6) is 11.5 Å². The van der Waals surface area contributed by atoms with Gasteiger partial charge in [0.15, 0.2) is 11.5 Å². The van der Waals surface area contributed by atoms with Crippen molar-refractivity contribution >= 4 is 27.5 Å². The van der Waals surface area contributed by atoms with Crippen molar-refractivity contribution in [2.75, 3.05) is 25.1 Å². The second kappa shape index (κ2) is 13.0. The number of methoxy groups -OCH3 is 2. The molecule has 0 aliphatic rings. The third-order valence-corrected chi connectivity index (χ3v) is 8.02. The summed E-state index contributed by atoms with van der Waals surface area (Å²) in [6.07, 6.45) is 0. The van der Waals surface area contributed by atoms with Gasteiger partial charge in [0.05, 0.1) is 24.8 Å². The Balaban J connectivity index is 2.09. The molecule has 0 aromatic heterocycles. The Morgan fingerprint density at radius 1 is 0.927 bits per heavy atom. The van der Waals surface area contributed by atoms with E-state index >= 15 is 0 Å². The van der Waals surface area contributed by atoms with Crippen LogP contribution < -0.4 is 19.1 Å². The maximum Gasteiger partial charge on any atom is 0.264 e. The van der Waals surface area contributed by atoms with E-state index in [1.54, 1.807) is 45.0 Å². The van der Waals surface area contributed by atoms with Crippen LogP contribution in [0.1, 0.15) is 33.3 Å². The van der Waals surface area contributed by atoms with Gasteiger partial charge in [0.2, 0.25) is 11.8 Å². The van der Waals surface area contributed by atoms with Gasteiger partial charge in [-0.15, -0.1) is 0 Å². The zero-order valence-electron chi connectivity index (χ0n) is 24.0. The number of nitrogens with zero attached hydrogens (tertiary/aromatic N) is 2. The van der Waals surface area contributed by atoms with Crippen molar-refractivity contribution in [2.45, 2.75) is 50.7 Å². The smallest absolute Gasteiger partial charge is 0.264 e. The number of benzene rings is 3. The molecule has 1 atom stereocenters. The highest BCUT2D eigenvalue weighted by Crippen LogP contribution is 2.34. The second-order valence-electron chi connectivity index (χ2n) is 10.4. The Kier molecular flexibility index (Phi) is 9.98. The number of carbonyl (C=O) groups is 2. The van der Waals surface area contributed by atoms with Crippen molar-refractivity contribution in [1.29, 1.82) is 0 Å². The average molecular weight is 586 g/mol. The van der Waals surface area contributed by atoms with E-state index in [1.165, 1.54) is 74.6 Å². The number of anilines is 1. The van der Waals surface area contributed by atoms with Gasteiger partial charge < -0.3 is 19.7 Å². The molecule has 41 heavy (non-hydrogen) atoms. The lowest BCUT2D eigenvalue weighted by Gasteiger charge is -2.33. The van der Waals surface area contributed by atoms with Gasteiger partial charge in [0.25, 0.3) is 10.0 Å². The average Bonchev–Trinajstić information content (AvgIpc) is 2.94. The van der Waals surface area contributed by atoms with Crippen LogP contribution >= 0.6 is 0 Å². The van der Waals surface area contributed by atoms with Crippen molar-refractivity contribution < 1.29 is 31.9 Å². The first-order valence-corrected chi connectivity index (χ1v) is 14.4. The van der Waals surface area contributed by atoms with Gasteiger partial charge in [0.1, 0.15) is 18.4 Å². The minimum atomic E-state index is -4.27. The molecule has 3 rings (SSSR count). The summed E-state index contributed by atoms with van der Waals surface area (Å²) < 4.78 is 54.1. The maximum atomic E-state index is 14.7. The SMILES string of the molecule is COc1ccc(N(CC(=O)N(Cc2ccccc2F)[C@@H](C)C(=O)NC(C)(C)C)S(=O)(=O)c2ccccc2)cc1OC. The van der Waals surface area contributed by atoms with Crippen LogP contribution in [0, 0.1) is 5.82 Å². The van der Waals surface area contributed by atoms with Crippen LogP contribution in [0.25, 0.3) is 0 Å². The van der Waals surface area contributed by atoms with E-state index in [2.05, 4.69) is 5.32 Å². The first-order chi connectivity index (χ1) is 19.3. The highest BCUT2D eigenvalue weighted by Gasteiger charge is 2.34. The van der Waals surface area contributed by atoms with Crippen molar-refractivity contribution in [3.05, 3.63) is 84.2 Å². The van der Waals surface area contributed by atoms with E-state index < -0.39 is 45.8 Å². The fourth-order valence-corrected chi connectivity index (χ4v) is 5.52. The molecule has 3 aromatic carbocycles. The Labute approximate surface area is 240 Å². The fourth-order valence-electron chi connectivity index (χ4n) is 4.10. The topological polar surface area (TPSA) is 105 Å². The first kappa shape index (κ1) is 31.4. The lowest BCUT2D eigenvalue weighted by molar-refractivity contribution is -0.140. The third kappa shape index (κ3) is 7.75. The molecule has 220 valence electrons. The van der Waals surface area contributed by atoms with Gasteiger partial charge in [-0.1, -0.05) is 36.4 Å². The number of rotatable bonds is 11. The molecule has 11 heteroatoms. The van der Waals surface area contributed by atoms with Crippen LogP contribution in [0.2, 0.25) is 0 Å². The fraction of sp³-hybridized carbons (Fsp3) is 0.333. The summed E-state index contributed by atoms with van der Waals surface area (Å²) in [4.78, 5) is 28.3. The minimum absolute atomic E-state index is 0.0400. The predicted octanol–water partition coefficient (Wildman–Crippen LogP) is 4.37. The lowest BCUT2D eigenvalue weighted by Crippen LogP contribution is -2.54. The molecule has 0 fully saturated rings. The van der Waals surface area contributed by atoms with Crippen LogP contribution in [-0.2, 0) is 26.2 Å². The summed E-state index contributed by atoms with van der Waals surface area (Å²) in [5, 5.41) is 2.83. The number of carbonyl (C=O) groups excluding carboxylic acids is 2. The normalized spacial score (nSPS) is 12.3. The van der Waals surface area contributed by atoms with Crippen molar-refractivity contribution in [3.8, 4) is 11.5 Å². The molecule has 0 saturated carbocycles. The molecular weight excluding hydrogens is 549 g/mol. The Morgan fingerprint density at radius 3 is 2.12 bits per heavy atom. The highest BCUT2D eigenvalue weighted by molar-refractivity contribution is 7.92. The van der Waals surface area contributed by atoms with Crippen molar-refractivity contribution in [2.24, 2.45) is 0 Å². The number of amides is 2. The quantitative estimate of drug-likeness (QED) is 0.358. The Hall–Kier alpha value is -4.12.